The van der Waals surface area contributed by atoms with Crippen molar-refractivity contribution in [2.45, 2.75) is 39.5 Å². The molecule has 0 aliphatic carbocycles. The van der Waals surface area contributed by atoms with Crippen molar-refractivity contribution in [3.8, 4) is 0 Å². The molecule has 0 radical (unpaired) electrons. The van der Waals surface area contributed by atoms with E-state index in [1.165, 1.54) is 5.56 Å². The molecular weight excluding hydrogens is 467 g/mol. The van der Waals surface area contributed by atoms with Gasteiger partial charge in [-0.25, -0.2) is 4.98 Å². The highest BCUT2D eigenvalue weighted by Gasteiger charge is 2.18. The number of fused-ring (bicyclic) bond motifs is 1. The largest absolute Gasteiger partial charge is 0.357 e. The minimum Gasteiger partial charge on any atom is -0.357 e. The second-order valence-electron chi connectivity index (χ2n) is 6.93. The van der Waals surface area contributed by atoms with Crippen LogP contribution in [0.3, 0.4) is 0 Å². The molecule has 3 heterocycles. The number of aromatic nitrogens is 2. The molecule has 28 heavy (non-hydrogen) atoms. The Kier molecular flexibility index (Phi) is 9.01. The Bertz CT molecular complexity index is 803. The smallest absolute Gasteiger partial charge is 0.222 e. The summed E-state index contributed by atoms with van der Waals surface area (Å²) in [7, 11) is 0. The number of amides is 1. The maximum atomic E-state index is 11.6. The lowest BCUT2D eigenvalue weighted by molar-refractivity contribution is -0.127. The molecule has 8 heteroatoms. The first-order chi connectivity index (χ1) is 13.2. The topological polar surface area (TPSA) is 74.0 Å². The third kappa shape index (κ3) is 6.08. The number of hydrogen-bond donors (Lipinski definition) is 2. The molecule has 0 atom stereocenters. The van der Waals surface area contributed by atoms with Crippen molar-refractivity contribution in [3.05, 3.63) is 35.8 Å². The van der Waals surface area contributed by atoms with Gasteiger partial charge in [-0.05, 0) is 38.3 Å². The molecule has 3 rings (SSSR count). The van der Waals surface area contributed by atoms with E-state index in [1.54, 1.807) is 0 Å². The number of carbonyl (C=O) groups is 1. The third-order valence-corrected chi connectivity index (χ3v) is 4.77. The zero-order valence-electron chi connectivity index (χ0n) is 16.8. The van der Waals surface area contributed by atoms with E-state index in [-0.39, 0.29) is 29.9 Å². The van der Waals surface area contributed by atoms with E-state index in [4.69, 9.17) is 4.98 Å². The Labute approximate surface area is 184 Å². The summed E-state index contributed by atoms with van der Waals surface area (Å²) < 4.78 is 2.07. The second-order valence-corrected chi connectivity index (χ2v) is 6.93. The molecule has 1 aliphatic heterocycles. The minimum absolute atomic E-state index is 0. The number of imidazole rings is 1. The molecule has 1 amide bonds. The molecule has 0 spiro atoms. The molecule has 1 fully saturated rings. The number of nitrogens with one attached hydrogen (secondary N) is 2. The number of nitrogens with zero attached hydrogens (tertiary/aromatic N) is 4. The van der Waals surface area contributed by atoms with Gasteiger partial charge in [0.1, 0.15) is 5.65 Å². The highest BCUT2D eigenvalue weighted by Crippen LogP contribution is 2.10. The van der Waals surface area contributed by atoms with Crippen LogP contribution >= 0.6 is 24.0 Å². The molecule has 0 aromatic carbocycles. The van der Waals surface area contributed by atoms with Gasteiger partial charge >= 0.3 is 0 Å². The van der Waals surface area contributed by atoms with Gasteiger partial charge in [-0.15, -0.1) is 24.0 Å². The number of aryl methyl sites for hydroxylation is 1. The molecule has 1 saturated heterocycles. The Balaban J connectivity index is 0.00000280. The second kappa shape index (κ2) is 11.2. The van der Waals surface area contributed by atoms with E-state index >= 15 is 0 Å². The van der Waals surface area contributed by atoms with Gasteiger partial charge in [-0.2, -0.15) is 0 Å². The number of guanidine groups is 1. The quantitative estimate of drug-likeness (QED) is 0.254. The lowest BCUT2D eigenvalue weighted by atomic mass is 10.3. The fourth-order valence-electron chi connectivity index (χ4n) is 3.37. The third-order valence-electron chi connectivity index (χ3n) is 4.77. The lowest BCUT2D eigenvalue weighted by Crippen LogP contribution is -2.38. The number of aliphatic imine (C=N–C) groups is 1. The molecule has 7 nitrogen and oxygen atoms in total. The van der Waals surface area contributed by atoms with E-state index in [9.17, 15) is 4.79 Å². The van der Waals surface area contributed by atoms with Crippen LogP contribution < -0.4 is 10.6 Å². The zero-order chi connectivity index (χ0) is 19.1. The highest BCUT2D eigenvalue weighted by atomic mass is 127. The summed E-state index contributed by atoms with van der Waals surface area (Å²) in [6, 6.07) is 4.12. The van der Waals surface area contributed by atoms with Crippen molar-refractivity contribution >= 4 is 41.5 Å². The van der Waals surface area contributed by atoms with E-state index in [1.807, 2.05) is 17.2 Å². The molecule has 0 bridgehead atoms. The predicted molar refractivity (Wildman–Crippen MR) is 123 cm³/mol. The fraction of sp³-hybridized carbons (Fsp3) is 0.550. The molecule has 0 unspecified atom stereocenters. The van der Waals surface area contributed by atoms with Crippen molar-refractivity contribution in [3.63, 3.8) is 0 Å². The zero-order valence-corrected chi connectivity index (χ0v) is 19.1. The van der Waals surface area contributed by atoms with Crippen LogP contribution in [0.2, 0.25) is 0 Å². The van der Waals surface area contributed by atoms with Crippen LogP contribution in [0.15, 0.2) is 29.5 Å². The van der Waals surface area contributed by atoms with Crippen LogP contribution in [0.1, 0.15) is 37.4 Å². The van der Waals surface area contributed by atoms with Crippen LogP contribution in [-0.4, -0.2) is 58.9 Å². The van der Waals surface area contributed by atoms with Gasteiger partial charge in [0.2, 0.25) is 5.91 Å². The maximum absolute atomic E-state index is 11.6. The summed E-state index contributed by atoms with van der Waals surface area (Å²) in [6.45, 7) is 8.17. The van der Waals surface area contributed by atoms with E-state index in [0.29, 0.717) is 13.0 Å². The van der Waals surface area contributed by atoms with Gasteiger partial charge < -0.3 is 19.9 Å². The normalized spacial score (nSPS) is 14.4. The van der Waals surface area contributed by atoms with Crippen molar-refractivity contribution in [1.82, 2.24) is 24.9 Å². The highest BCUT2D eigenvalue weighted by molar-refractivity contribution is 14.0. The Morgan fingerprint density at radius 3 is 2.93 bits per heavy atom. The monoisotopic (exact) mass is 498 g/mol. The van der Waals surface area contributed by atoms with Crippen molar-refractivity contribution in [2.75, 3.05) is 32.7 Å². The Morgan fingerprint density at radius 1 is 1.36 bits per heavy atom. The van der Waals surface area contributed by atoms with Gasteiger partial charge in [0.15, 0.2) is 5.96 Å². The SMILES string of the molecule is CCNC(=NCCCN1CCCC1=O)NCCc1cn2cccc(C)c2n1.I. The van der Waals surface area contributed by atoms with Gasteiger partial charge in [-0.1, -0.05) is 6.07 Å². The Hall–Kier alpha value is -1.84. The van der Waals surface area contributed by atoms with Crippen LogP contribution in [0, 0.1) is 6.92 Å². The Morgan fingerprint density at radius 2 is 2.21 bits per heavy atom. The summed E-state index contributed by atoms with van der Waals surface area (Å²) in [5, 5.41) is 6.65. The summed E-state index contributed by atoms with van der Waals surface area (Å²) in [6.07, 6.45) is 7.55. The van der Waals surface area contributed by atoms with Crippen LogP contribution in [0.5, 0.6) is 0 Å². The van der Waals surface area contributed by atoms with Crippen molar-refractivity contribution in [2.24, 2.45) is 4.99 Å². The van der Waals surface area contributed by atoms with Crippen molar-refractivity contribution in [1.29, 1.82) is 0 Å². The van der Waals surface area contributed by atoms with E-state index in [0.717, 1.165) is 62.7 Å². The molecule has 2 aromatic heterocycles. The van der Waals surface area contributed by atoms with Crippen LogP contribution in [-0.2, 0) is 11.2 Å². The number of hydrogen-bond acceptors (Lipinski definition) is 3. The first kappa shape index (κ1) is 22.4. The molecule has 2 N–H and O–H groups in total. The summed E-state index contributed by atoms with van der Waals surface area (Å²) in [4.78, 5) is 22.9. The van der Waals surface area contributed by atoms with Gasteiger partial charge in [0.25, 0.3) is 0 Å². The fourth-order valence-corrected chi connectivity index (χ4v) is 3.37. The number of likely N-dealkylation sites (tertiary alicyclic amines) is 1. The van der Waals surface area contributed by atoms with E-state index < -0.39 is 0 Å². The summed E-state index contributed by atoms with van der Waals surface area (Å²) >= 11 is 0. The van der Waals surface area contributed by atoms with Crippen LogP contribution in [0.25, 0.3) is 5.65 Å². The summed E-state index contributed by atoms with van der Waals surface area (Å²) in [5.74, 6) is 1.11. The lowest BCUT2D eigenvalue weighted by Gasteiger charge is -2.15. The number of carbonyl (C=O) groups excluding carboxylic acids is 1. The van der Waals surface area contributed by atoms with Crippen LogP contribution in [0.4, 0.5) is 0 Å². The van der Waals surface area contributed by atoms with Gasteiger partial charge in [-0.3, -0.25) is 9.79 Å². The average Bonchev–Trinajstić information content (AvgIpc) is 3.25. The first-order valence-corrected chi connectivity index (χ1v) is 9.90. The molecule has 0 saturated carbocycles. The molecule has 1 aliphatic rings. The van der Waals surface area contributed by atoms with E-state index in [2.05, 4.69) is 46.1 Å². The number of rotatable bonds is 8. The van der Waals surface area contributed by atoms with Gasteiger partial charge in [0.05, 0.1) is 5.69 Å². The number of halogens is 1. The molecular formula is C20H31IN6O. The number of pyridine rings is 1. The first-order valence-electron chi connectivity index (χ1n) is 9.90. The summed E-state index contributed by atoms with van der Waals surface area (Å²) in [5.41, 5.74) is 3.27. The maximum Gasteiger partial charge on any atom is 0.222 e. The molecule has 2 aromatic rings. The average molecular weight is 498 g/mol. The predicted octanol–water partition coefficient (Wildman–Crippen LogP) is 2.37. The minimum atomic E-state index is 0. The van der Waals surface area contributed by atoms with Crippen molar-refractivity contribution < 1.29 is 4.79 Å². The molecule has 154 valence electrons. The van der Waals surface area contributed by atoms with Gasteiger partial charge in [0, 0.05) is 58.0 Å². The standard InChI is InChI=1S/C20H30N6O.HI/c1-3-21-20(22-10-6-14-25-12-5-8-18(25)27)23-11-9-17-15-26-13-4-7-16(2)19(26)24-17;/h4,7,13,15H,3,5-6,8-12,14H2,1-2H3,(H2,21,22,23);1H.